The summed E-state index contributed by atoms with van der Waals surface area (Å²) in [6, 6.07) is 61.8. The molecule has 0 saturated carbocycles. The maximum absolute atomic E-state index is 9.30. The van der Waals surface area contributed by atoms with Gasteiger partial charge in [-0.25, -0.2) is 4.98 Å². The average molecular weight is 1190 g/mol. The molecule has 0 radical (unpaired) electrons. The van der Waals surface area contributed by atoms with E-state index in [9.17, 15) is 2.74 Å². The second-order valence-electron chi connectivity index (χ2n) is 21.4. The van der Waals surface area contributed by atoms with E-state index < -0.39 is 24.5 Å². The summed E-state index contributed by atoms with van der Waals surface area (Å²) >= 11 is 0. The molecule has 0 aliphatic heterocycles. The molecule has 4 heterocycles. The van der Waals surface area contributed by atoms with Crippen molar-refractivity contribution >= 4 is 54.6 Å². The van der Waals surface area contributed by atoms with Crippen molar-refractivity contribution in [3.63, 3.8) is 0 Å². The molecule has 4 aromatic heterocycles. The van der Waals surface area contributed by atoms with Crippen molar-refractivity contribution in [2.45, 2.75) is 65.7 Å². The van der Waals surface area contributed by atoms with E-state index in [-0.39, 0.29) is 49.5 Å². The molecule has 0 aliphatic rings. The molecule has 0 aliphatic carbocycles. The molecule has 380 valence electrons. The molecule has 9 aromatic carbocycles. The van der Waals surface area contributed by atoms with Crippen molar-refractivity contribution in [3.05, 3.63) is 241 Å². The number of ether oxygens (including phenoxy) is 1. The van der Waals surface area contributed by atoms with E-state index in [1.54, 1.807) is 25.3 Å². The Bertz CT molecular complexity index is 4690. The molecule has 13 rings (SSSR count). The minimum absolute atomic E-state index is 0. The van der Waals surface area contributed by atoms with Gasteiger partial charge in [0, 0.05) is 57.8 Å². The first-order chi connectivity index (χ1) is 39.7. The number of imidazole rings is 1. The quantitative estimate of drug-likeness (QED) is 0.107. The van der Waals surface area contributed by atoms with E-state index >= 15 is 0 Å². The van der Waals surface area contributed by atoms with Crippen LogP contribution < -0.4 is 9.30 Å². The number of benzene rings is 9. The van der Waals surface area contributed by atoms with E-state index in [0.717, 1.165) is 77.1 Å². The van der Waals surface area contributed by atoms with Crippen molar-refractivity contribution in [1.29, 1.82) is 0 Å². The second kappa shape index (κ2) is 19.4. The molecular weight excluding hydrogens is 1120 g/mol. The van der Waals surface area contributed by atoms with Gasteiger partial charge in [0.1, 0.15) is 5.82 Å². The normalized spacial score (nSPS) is 13.5. The Balaban J connectivity index is 0.00000694. The predicted octanol–water partition coefficient (Wildman–Crippen LogP) is 17.2. The molecule has 0 spiro atoms. The Labute approximate surface area is 474 Å². The fourth-order valence-corrected chi connectivity index (χ4v) is 10.7. The first-order valence-corrected chi connectivity index (χ1v) is 25.6. The van der Waals surface area contributed by atoms with Crippen molar-refractivity contribution in [2.75, 3.05) is 0 Å². The number of rotatable bonds is 9. The van der Waals surface area contributed by atoms with Crippen LogP contribution in [0.1, 0.15) is 74.8 Å². The SMILES string of the molecule is [2H]c1c([2H])c([2H])c(-c2cccc(-c3cc(C(C)(C)C)cc(C(C)(C)C)c3)c2-[n+]2[c-]n(-c3[c-]c(Oc4[c-]c5c(c(-n6c7ccccc7c7ccccc76)c4)c4ccccc4n5-c4cc(C([2H])([2H])C)ccn4)ccc3)c3ccccc32)c([2H])c1[2H].[Pt]. The van der Waals surface area contributed by atoms with Gasteiger partial charge in [-0.2, -0.15) is 12.1 Å². The van der Waals surface area contributed by atoms with Crippen LogP contribution in [0, 0.1) is 18.5 Å². The predicted molar refractivity (Wildman–Crippen MR) is 312 cm³/mol. The molecule has 0 unspecified atom stereocenters. The molecule has 0 amide bonds. The molecule has 77 heavy (non-hydrogen) atoms. The largest absolute Gasteiger partial charge is 0.510 e. The van der Waals surface area contributed by atoms with Crippen molar-refractivity contribution < 1.29 is 40.0 Å². The second-order valence-corrected chi connectivity index (χ2v) is 21.4. The summed E-state index contributed by atoms with van der Waals surface area (Å²) < 4.78 is 77.3. The van der Waals surface area contributed by atoms with Crippen molar-refractivity contribution in [3.8, 4) is 56.6 Å². The van der Waals surface area contributed by atoms with Gasteiger partial charge >= 0.3 is 0 Å². The van der Waals surface area contributed by atoms with Gasteiger partial charge in [-0.1, -0.05) is 205 Å². The van der Waals surface area contributed by atoms with Crippen LogP contribution in [0.4, 0.5) is 0 Å². The maximum atomic E-state index is 9.30. The standard InChI is InChI=1S/C70H57N5O.Pt/c1-8-46-36-37-71-66(38-46)75-61-33-17-14-28-58(61)67-64(74-59-31-15-12-26-56(59)57-27-13-16-32-60(57)74)43-53(44-65(67)75)76-52-25-20-24-51(42-52)72-45-73(63-35-19-18-34-62(63)72)68-54(47-22-10-9-11-23-47)29-21-30-55(68)48-39-49(69(2,3)4)41-50(40-48)70(5,6)7;/h9-41,43H,8H2,1-7H3;/q-2;/i8D2,9D,10D,11D,22D,23D;. The van der Waals surface area contributed by atoms with Gasteiger partial charge in [0.25, 0.3) is 6.33 Å². The molecule has 13 aromatic rings. The van der Waals surface area contributed by atoms with E-state index in [0.29, 0.717) is 45.3 Å². The van der Waals surface area contributed by atoms with Gasteiger partial charge in [-0.15, -0.1) is 24.3 Å². The first-order valence-electron chi connectivity index (χ1n) is 29.1. The Morgan fingerprint density at radius 1 is 0.584 bits per heavy atom. The molecule has 0 N–H and O–H groups in total. The summed E-state index contributed by atoms with van der Waals surface area (Å²) in [5.74, 6) is 1.32. The Hall–Kier alpha value is -8.31. The number of pyridine rings is 1. The zero-order chi connectivity index (χ0) is 58.0. The molecule has 6 nitrogen and oxygen atoms in total. The summed E-state index contributed by atoms with van der Waals surface area (Å²) in [4.78, 5) is 4.86. The number of aryl methyl sites for hydroxylation is 1. The van der Waals surface area contributed by atoms with Crippen LogP contribution in [0.5, 0.6) is 11.5 Å². The zero-order valence-corrected chi connectivity index (χ0v) is 46.0. The van der Waals surface area contributed by atoms with Crippen molar-refractivity contribution in [1.82, 2.24) is 18.7 Å². The zero-order valence-electron chi connectivity index (χ0n) is 50.7. The number of fused-ring (bicyclic) bond motifs is 7. The Morgan fingerprint density at radius 3 is 1.84 bits per heavy atom. The Kier molecular flexibility index (Phi) is 10.5. The summed E-state index contributed by atoms with van der Waals surface area (Å²) in [6.07, 6.45) is 3.71. The van der Waals surface area contributed by atoms with Gasteiger partial charge in [0.2, 0.25) is 0 Å². The topological polar surface area (TPSA) is 40.8 Å². The fourth-order valence-electron chi connectivity index (χ4n) is 10.7. The van der Waals surface area contributed by atoms with Crippen LogP contribution in [0.25, 0.3) is 99.8 Å². The van der Waals surface area contributed by atoms with E-state index in [4.69, 9.17) is 16.6 Å². The van der Waals surface area contributed by atoms with Gasteiger partial charge in [-0.3, -0.25) is 4.57 Å². The van der Waals surface area contributed by atoms with E-state index in [1.807, 2.05) is 111 Å². The van der Waals surface area contributed by atoms with Gasteiger partial charge in [0.15, 0.2) is 0 Å². The van der Waals surface area contributed by atoms with E-state index in [2.05, 4.69) is 125 Å². The van der Waals surface area contributed by atoms with Crippen LogP contribution in [-0.2, 0) is 38.3 Å². The average Bonchev–Trinajstić information content (AvgIpc) is 1.75. The van der Waals surface area contributed by atoms with Crippen LogP contribution >= 0.6 is 0 Å². The third-order valence-corrected chi connectivity index (χ3v) is 14.5. The smallest absolute Gasteiger partial charge is 0.268 e. The summed E-state index contributed by atoms with van der Waals surface area (Å²) in [7, 11) is 0. The number of hydrogen-bond acceptors (Lipinski definition) is 2. The molecular formula is C70H57N5OPt-2. The number of nitrogens with zero attached hydrogens (tertiary/aromatic N) is 5. The minimum Gasteiger partial charge on any atom is -0.510 e. The maximum Gasteiger partial charge on any atom is 0.268 e. The fraction of sp³-hybridized carbons (Fsp3) is 0.143. The molecule has 0 bridgehead atoms. The van der Waals surface area contributed by atoms with Crippen LogP contribution in [0.2, 0.25) is 0 Å². The van der Waals surface area contributed by atoms with Crippen LogP contribution in [0.15, 0.2) is 206 Å². The summed E-state index contributed by atoms with van der Waals surface area (Å²) in [6.45, 7) is 14.7. The minimum atomic E-state index is -1.63. The number of para-hydroxylation sites is 6. The van der Waals surface area contributed by atoms with E-state index in [1.165, 1.54) is 0 Å². The molecule has 7 heteroatoms. The summed E-state index contributed by atoms with van der Waals surface area (Å²) in [5, 5.41) is 4.06. The molecule has 0 atom stereocenters. The van der Waals surface area contributed by atoms with Gasteiger partial charge < -0.3 is 18.4 Å². The first kappa shape index (κ1) is 41.9. The summed E-state index contributed by atoms with van der Waals surface area (Å²) in [5.41, 5.74) is 11.6. The van der Waals surface area contributed by atoms with Gasteiger partial charge in [-0.05, 0) is 103 Å². The van der Waals surface area contributed by atoms with Crippen LogP contribution in [-0.4, -0.2) is 18.7 Å². The molecule has 0 fully saturated rings. The van der Waals surface area contributed by atoms with Gasteiger partial charge in [0.05, 0.1) is 34.6 Å². The van der Waals surface area contributed by atoms with Crippen molar-refractivity contribution in [2.24, 2.45) is 0 Å². The van der Waals surface area contributed by atoms with Crippen LogP contribution in [0.3, 0.4) is 0 Å². The molecule has 0 saturated heterocycles. The number of aromatic nitrogens is 5. The Morgan fingerprint density at radius 2 is 1.18 bits per heavy atom. The monoisotopic (exact) mass is 1190 g/mol. The third kappa shape index (κ3) is 8.66. The third-order valence-electron chi connectivity index (χ3n) is 14.5. The number of hydrogen-bond donors (Lipinski definition) is 0.